The number of rotatable bonds is 3. The highest BCUT2D eigenvalue weighted by Gasteiger charge is 2.24. The molecule has 2 aromatic rings. The molecule has 0 bridgehead atoms. The highest BCUT2D eigenvalue weighted by atomic mass is 79.9. The Morgan fingerprint density at radius 2 is 1.95 bits per heavy atom. The van der Waals surface area contributed by atoms with Gasteiger partial charge in [0.1, 0.15) is 11.6 Å². The summed E-state index contributed by atoms with van der Waals surface area (Å²) in [7, 11) is 0. The van der Waals surface area contributed by atoms with E-state index in [1.807, 2.05) is 13.0 Å². The van der Waals surface area contributed by atoms with Crippen LogP contribution in [0.15, 0.2) is 34.8 Å². The van der Waals surface area contributed by atoms with Crippen LogP contribution in [0.5, 0.6) is 0 Å². The minimum absolute atomic E-state index is 0.165. The Labute approximate surface area is 129 Å². The van der Waals surface area contributed by atoms with Crippen molar-refractivity contribution >= 4 is 27.5 Å². The molecule has 3 N–H and O–H groups in total. The van der Waals surface area contributed by atoms with Crippen molar-refractivity contribution in [1.82, 2.24) is 5.43 Å². The second-order valence-corrected chi connectivity index (χ2v) is 5.57. The maximum absolute atomic E-state index is 14.2. The van der Waals surface area contributed by atoms with E-state index in [1.54, 1.807) is 12.1 Å². The molecule has 2 nitrogen and oxygen atoms in total. The Morgan fingerprint density at radius 3 is 2.60 bits per heavy atom. The number of hydrogen-bond acceptors (Lipinski definition) is 2. The first kappa shape index (κ1) is 15.4. The number of halogens is 4. The van der Waals surface area contributed by atoms with E-state index < -0.39 is 17.7 Å². The molecule has 0 aromatic heterocycles. The number of aryl methyl sites for hydroxylation is 1. The number of nitrogens with two attached hydrogens (primary N) is 1. The van der Waals surface area contributed by atoms with Gasteiger partial charge in [-0.25, -0.2) is 14.2 Å². The van der Waals surface area contributed by atoms with Gasteiger partial charge in [0.25, 0.3) is 0 Å². The topological polar surface area (TPSA) is 38.0 Å². The third-order valence-electron chi connectivity index (χ3n) is 3.07. The standard InChI is InChI=1S/C14H12BrClF2N2/c1-7-3-2-4-8(12(7)16)14(20-19)11-10(17)6-5-9(15)13(11)18/h2-6,14,20H,19H2,1H3. The molecule has 6 heteroatoms. The molecular formula is C14H12BrClF2N2. The summed E-state index contributed by atoms with van der Waals surface area (Å²) in [5, 5.41) is 0.425. The lowest BCUT2D eigenvalue weighted by Gasteiger charge is -2.20. The smallest absolute Gasteiger partial charge is 0.145 e. The van der Waals surface area contributed by atoms with Crippen molar-refractivity contribution in [1.29, 1.82) is 0 Å². The molecule has 0 fully saturated rings. The minimum atomic E-state index is -0.875. The first-order chi connectivity index (χ1) is 9.47. The zero-order valence-corrected chi connectivity index (χ0v) is 12.9. The first-order valence-corrected chi connectivity index (χ1v) is 6.99. The van der Waals surface area contributed by atoms with Crippen molar-refractivity contribution < 1.29 is 8.78 Å². The molecule has 2 aromatic carbocycles. The Morgan fingerprint density at radius 1 is 1.25 bits per heavy atom. The van der Waals surface area contributed by atoms with Crippen molar-refractivity contribution in [2.24, 2.45) is 5.84 Å². The predicted octanol–water partition coefficient (Wildman–Crippen LogP) is 4.24. The average Bonchev–Trinajstić information content (AvgIpc) is 2.43. The molecule has 20 heavy (non-hydrogen) atoms. The SMILES string of the molecule is Cc1cccc(C(NN)c2c(F)ccc(Br)c2F)c1Cl. The fourth-order valence-corrected chi connectivity index (χ4v) is 2.61. The normalized spacial score (nSPS) is 12.5. The number of benzene rings is 2. The highest BCUT2D eigenvalue weighted by Crippen LogP contribution is 2.34. The van der Waals surface area contributed by atoms with Crippen LogP contribution in [-0.4, -0.2) is 0 Å². The number of hydrazine groups is 1. The van der Waals surface area contributed by atoms with Crippen LogP contribution in [0.4, 0.5) is 8.78 Å². The largest absolute Gasteiger partial charge is 0.271 e. The molecule has 0 saturated carbocycles. The van der Waals surface area contributed by atoms with Crippen LogP contribution < -0.4 is 11.3 Å². The van der Waals surface area contributed by atoms with Crippen LogP contribution in [0, 0.1) is 18.6 Å². The Bertz CT molecular complexity index is 649. The second-order valence-electron chi connectivity index (χ2n) is 4.33. The van der Waals surface area contributed by atoms with Crippen LogP contribution in [-0.2, 0) is 0 Å². The molecule has 0 radical (unpaired) electrons. The quantitative estimate of drug-likeness (QED) is 0.487. The summed E-state index contributed by atoms with van der Waals surface area (Å²) in [4.78, 5) is 0. The fraction of sp³-hybridized carbons (Fsp3) is 0.143. The predicted molar refractivity (Wildman–Crippen MR) is 79.4 cm³/mol. The monoisotopic (exact) mass is 360 g/mol. The van der Waals surface area contributed by atoms with E-state index in [0.717, 1.165) is 5.56 Å². The molecule has 1 unspecified atom stereocenters. The van der Waals surface area contributed by atoms with Gasteiger partial charge in [-0.05, 0) is 46.1 Å². The summed E-state index contributed by atoms with van der Waals surface area (Å²) in [6, 6.07) is 6.86. The van der Waals surface area contributed by atoms with Crippen LogP contribution in [0.25, 0.3) is 0 Å². The zero-order valence-electron chi connectivity index (χ0n) is 10.6. The third-order valence-corrected chi connectivity index (χ3v) is 4.20. The van der Waals surface area contributed by atoms with E-state index in [-0.39, 0.29) is 10.0 Å². The molecule has 2 rings (SSSR count). The maximum atomic E-state index is 14.2. The van der Waals surface area contributed by atoms with Crippen LogP contribution in [0.1, 0.15) is 22.7 Å². The molecule has 0 saturated heterocycles. The summed E-state index contributed by atoms with van der Waals surface area (Å²) in [5.41, 5.74) is 3.58. The first-order valence-electron chi connectivity index (χ1n) is 5.82. The van der Waals surface area contributed by atoms with E-state index in [4.69, 9.17) is 17.4 Å². The summed E-state index contributed by atoms with van der Waals surface area (Å²) >= 11 is 9.25. The van der Waals surface area contributed by atoms with Crippen molar-refractivity contribution in [2.75, 3.05) is 0 Å². The fourth-order valence-electron chi connectivity index (χ4n) is 2.03. The summed E-state index contributed by atoms with van der Waals surface area (Å²) < 4.78 is 28.3. The lowest BCUT2D eigenvalue weighted by molar-refractivity contribution is 0.507. The van der Waals surface area contributed by atoms with Gasteiger partial charge >= 0.3 is 0 Å². The van der Waals surface area contributed by atoms with Gasteiger partial charge in [0.2, 0.25) is 0 Å². The van der Waals surface area contributed by atoms with Crippen LogP contribution in [0.2, 0.25) is 5.02 Å². The average molecular weight is 362 g/mol. The summed E-state index contributed by atoms with van der Waals surface area (Å²) in [6.45, 7) is 1.81. The molecule has 106 valence electrons. The molecular weight excluding hydrogens is 350 g/mol. The second kappa shape index (κ2) is 6.18. The summed E-state index contributed by atoms with van der Waals surface area (Å²) in [6.07, 6.45) is 0. The lowest BCUT2D eigenvalue weighted by atomic mass is 9.97. The molecule has 0 aliphatic rings. The van der Waals surface area contributed by atoms with Gasteiger partial charge in [-0.3, -0.25) is 5.84 Å². The Kier molecular flexibility index (Phi) is 4.75. The van der Waals surface area contributed by atoms with E-state index in [0.29, 0.717) is 10.6 Å². The van der Waals surface area contributed by atoms with Gasteiger partial charge in [0.05, 0.1) is 10.5 Å². The van der Waals surface area contributed by atoms with Gasteiger partial charge in [0, 0.05) is 10.6 Å². The maximum Gasteiger partial charge on any atom is 0.145 e. The molecule has 0 spiro atoms. The van der Waals surface area contributed by atoms with Crippen molar-refractivity contribution in [2.45, 2.75) is 13.0 Å². The van der Waals surface area contributed by atoms with E-state index in [1.165, 1.54) is 12.1 Å². The van der Waals surface area contributed by atoms with E-state index in [9.17, 15) is 8.78 Å². The van der Waals surface area contributed by atoms with Crippen LogP contribution >= 0.6 is 27.5 Å². The molecule has 1 atom stereocenters. The minimum Gasteiger partial charge on any atom is -0.271 e. The van der Waals surface area contributed by atoms with Crippen LogP contribution in [0.3, 0.4) is 0 Å². The van der Waals surface area contributed by atoms with E-state index in [2.05, 4.69) is 21.4 Å². The Balaban J connectivity index is 2.65. The Hall–Kier alpha value is -1.01. The zero-order chi connectivity index (χ0) is 14.9. The number of nitrogens with one attached hydrogen (secondary N) is 1. The third kappa shape index (κ3) is 2.72. The highest BCUT2D eigenvalue weighted by molar-refractivity contribution is 9.10. The summed E-state index contributed by atoms with van der Waals surface area (Å²) in [5.74, 6) is 4.09. The van der Waals surface area contributed by atoms with Gasteiger partial charge < -0.3 is 0 Å². The van der Waals surface area contributed by atoms with Crippen molar-refractivity contribution in [3.63, 3.8) is 0 Å². The van der Waals surface area contributed by atoms with Gasteiger partial charge in [0.15, 0.2) is 0 Å². The van der Waals surface area contributed by atoms with Gasteiger partial charge in [-0.2, -0.15) is 0 Å². The van der Waals surface area contributed by atoms with Gasteiger partial charge in [-0.15, -0.1) is 0 Å². The number of hydrogen-bond donors (Lipinski definition) is 2. The molecule has 0 aliphatic heterocycles. The van der Waals surface area contributed by atoms with E-state index >= 15 is 0 Å². The molecule has 0 aliphatic carbocycles. The van der Waals surface area contributed by atoms with Crippen molar-refractivity contribution in [3.05, 3.63) is 68.2 Å². The molecule has 0 heterocycles. The van der Waals surface area contributed by atoms with Gasteiger partial charge in [-0.1, -0.05) is 29.8 Å². The lowest BCUT2D eigenvalue weighted by Crippen LogP contribution is -2.30. The molecule has 0 amide bonds. The van der Waals surface area contributed by atoms with Crippen molar-refractivity contribution in [3.8, 4) is 0 Å².